The molecule has 0 heterocycles. The minimum absolute atomic E-state index is 0.618. The SMILES string of the molecule is CCC(CCC1C2=C(CC2)c2ccccc21)C1C=Cc2ccccc21. The van der Waals surface area contributed by atoms with E-state index in [1.165, 1.54) is 37.7 Å². The van der Waals surface area contributed by atoms with Gasteiger partial charge in [0.1, 0.15) is 0 Å². The van der Waals surface area contributed by atoms with Gasteiger partial charge in [0.25, 0.3) is 0 Å². The predicted molar refractivity (Wildman–Crippen MR) is 107 cm³/mol. The lowest BCUT2D eigenvalue weighted by molar-refractivity contribution is 0.405. The number of hydrogen-bond acceptors (Lipinski definition) is 0. The second-order valence-electron chi connectivity index (χ2n) is 7.90. The topological polar surface area (TPSA) is 0 Å². The molecular formula is C25H26. The van der Waals surface area contributed by atoms with Crippen molar-refractivity contribution in [3.05, 3.63) is 82.4 Å². The van der Waals surface area contributed by atoms with Crippen LogP contribution in [0.15, 0.2) is 60.2 Å². The Morgan fingerprint density at radius 1 is 0.960 bits per heavy atom. The van der Waals surface area contributed by atoms with Crippen LogP contribution in [0.2, 0.25) is 0 Å². The maximum absolute atomic E-state index is 2.45. The average Bonchev–Trinajstić information content (AvgIpc) is 3.13. The maximum Gasteiger partial charge on any atom is 0.00604 e. The Morgan fingerprint density at radius 2 is 1.76 bits per heavy atom. The third-order valence-electron chi connectivity index (χ3n) is 6.81. The van der Waals surface area contributed by atoms with Crippen molar-refractivity contribution in [2.24, 2.45) is 5.92 Å². The van der Waals surface area contributed by atoms with Crippen molar-refractivity contribution in [3.8, 4) is 0 Å². The van der Waals surface area contributed by atoms with Crippen molar-refractivity contribution in [1.29, 1.82) is 0 Å². The lowest BCUT2D eigenvalue weighted by Gasteiger charge is -2.27. The normalized spacial score (nSPS) is 23.9. The molecule has 0 saturated heterocycles. The van der Waals surface area contributed by atoms with Gasteiger partial charge in [-0.25, -0.2) is 0 Å². The van der Waals surface area contributed by atoms with E-state index in [2.05, 4.69) is 67.6 Å². The van der Waals surface area contributed by atoms with Crippen LogP contribution in [0.25, 0.3) is 11.6 Å². The van der Waals surface area contributed by atoms with Crippen LogP contribution >= 0.6 is 0 Å². The second kappa shape index (κ2) is 6.02. The largest absolute Gasteiger partial charge is 0.0761 e. The Balaban J connectivity index is 1.35. The lowest BCUT2D eigenvalue weighted by Crippen LogP contribution is -2.12. The van der Waals surface area contributed by atoms with E-state index in [4.69, 9.17) is 0 Å². The van der Waals surface area contributed by atoms with Crippen molar-refractivity contribution in [2.75, 3.05) is 0 Å². The molecule has 2 aromatic carbocycles. The highest BCUT2D eigenvalue weighted by molar-refractivity contribution is 5.82. The van der Waals surface area contributed by atoms with Crippen LogP contribution in [-0.2, 0) is 0 Å². The molecule has 3 aliphatic rings. The van der Waals surface area contributed by atoms with E-state index in [0.29, 0.717) is 11.8 Å². The molecule has 0 radical (unpaired) electrons. The van der Waals surface area contributed by atoms with Gasteiger partial charge in [-0.1, -0.05) is 79.6 Å². The number of hydrogen-bond donors (Lipinski definition) is 0. The summed E-state index contributed by atoms with van der Waals surface area (Å²) in [5.74, 6) is 2.08. The monoisotopic (exact) mass is 326 g/mol. The fourth-order valence-electron chi connectivity index (χ4n) is 5.39. The zero-order chi connectivity index (χ0) is 16.8. The molecule has 2 aromatic rings. The number of rotatable bonds is 5. The van der Waals surface area contributed by atoms with Gasteiger partial charge in [-0.2, -0.15) is 0 Å². The van der Waals surface area contributed by atoms with Crippen LogP contribution < -0.4 is 0 Å². The van der Waals surface area contributed by atoms with Crippen molar-refractivity contribution >= 4 is 11.6 Å². The third kappa shape index (κ3) is 2.34. The molecule has 0 amide bonds. The zero-order valence-electron chi connectivity index (χ0n) is 15.0. The van der Waals surface area contributed by atoms with Gasteiger partial charge < -0.3 is 0 Å². The van der Waals surface area contributed by atoms with E-state index in [-0.39, 0.29) is 0 Å². The summed E-state index contributed by atoms with van der Waals surface area (Å²) in [6.45, 7) is 2.37. The molecule has 126 valence electrons. The van der Waals surface area contributed by atoms with Crippen molar-refractivity contribution in [1.82, 2.24) is 0 Å². The molecule has 0 aromatic heterocycles. The van der Waals surface area contributed by atoms with Gasteiger partial charge in [0.2, 0.25) is 0 Å². The first-order chi connectivity index (χ1) is 12.4. The van der Waals surface area contributed by atoms with E-state index < -0.39 is 0 Å². The van der Waals surface area contributed by atoms with E-state index in [1.54, 1.807) is 27.8 Å². The Bertz CT molecular complexity index is 867. The predicted octanol–water partition coefficient (Wildman–Crippen LogP) is 6.95. The summed E-state index contributed by atoms with van der Waals surface area (Å²) in [6, 6.07) is 18.1. The van der Waals surface area contributed by atoms with E-state index in [1.807, 2.05) is 0 Å². The first-order valence-corrected chi connectivity index (χ1v) is 9.95. The highest BCUT2D eigenvalue weighted by atomic mass is 14.4. The number of allylic oxidation sites excluding steroid dienone is 3. The molecule has 3 atom stereocenters. The molecular weight excluding hydrogens is 300 g/mol. The van der Waals surface area contributed by atoms with Crippen LogP contribution in [-0.4, -0.2) is 0 Å². The van der Waals surface area contributed by atoms with Gasteiger partial charge in [-0.3, -0.25) is 0 Å². The van der Waals surface area contributed by atoms with Gasteiger partial charge in [-0.05, 0) is 59.4 Å². The Kier molecular flexibility index (Phi) is 3.66. The summed E-state index contributed by atoms with van der Waals surface area (Å²) >= 11 is 0. The molecule has 25 heavy (non-hydrogen) atoms. The first-order valence-electron chi connectivity index (χ1n) is 9.95. The average molecular weight is 326 g/mol. The van der Waals surface area contributed by atoms with Gasteiger partial charge in [-0.15, -0.1) is 0 Å². The van der Waals surface area contributed by atoms with E-state index in [9.17, 15) is 0 Å². The molecule has 5 rings (SSSR count). The van der Waals surface area contributed by atoms with Gasteiger partial charge >= 0.3 is 0 Å². The fraction of sp³-hybridized carbons (Fsp3) is 0.360. The van der Waals surface area contributed by atoms with E-state index >= 15 is 0 Å². The quantitative estimate of drug-likeness (QED) is 0.558. The summed E-state index contributed by atoms with van der Waals surface area (Å²) in [7, 11) is 0. The van der Waals surface area contributed by atoms with Crippen LogP contribution in [0.4, 0.5) is 0 Å². The van der Waals surface area contributed by atoms with Gasteiger partial charge in [0.05, 0.1) is 0 Å². The van der Waals surface area contributed by atoms with Gasteiger partial charge in [0.15, 0.2) is 0 Å². The molecule has 3 aliphatic carbocycles. The van der Waals surface area contributed by atoms with E-state index in [0.717, 1.165) is 5.92 Å². The van der Waals surface area contributed by atoms with Crippen LogP contribution in [0.1, 0.15) is 73.1 Å². The molecule has 0 heteroatoms. The molecule has 0 fully saturated rings. The smallest absolute Gasteiger partial charge is 0.00604 e. The summed E-state index contributed by atoms with van der Waals surface area (Å²) in [4.78, 5) is 0. The number of benzene rings is 2. The Labute approximate surface area is 151 Å². The second-order valence-corrected chi connectivity index (χ2v) is 7.90. The molecule has 0 nitrogen and oxygen atoms in total. The summed E-state index contributed by atoms with van der Waals surface area (Å²) in [6.07, 6.45) is 11.3. The fourth-order valence-corrected chi connectivity index (χ4v) is 5.39. The summed E-state index contributed by atoms with van der Waals surface area (Å²) in [5, 5.41) is 0. The minimum atomic E-state index is 0.618. The molecule has 0 saturated carbocycles. The molecule has 0 N–H and O–H groups in total. The highest BCUT2D eigenvalue weighted by Crippen LogP contribution is 2.54. The lowest BCUT2D eigenvalue weighted by atomic mass is 9.77. The van der Waals surface area contributed by atoms with Crippen LogP contribution in [0, 0.1) is 5.92 Å². The first kappa shape index (κ1) is 15.2. The molecule has 0 bridgehead atoms. The molecule has 0 spiro atoms. The third-order valence-corrected chi connectivity index (χ3v) is 6.81. The van der Waals surface area contributed by atoms with Crippen molar-refractivity contribution < 1.29 is 0 Å². The minimum Gasteiger partial charge on any atom is -0.0761 e. The van der Waals surface area contributed by atoms with Gasteiger partial charge in [0, 0.05) is 11.8 Å². The molecule has 0 aliphatic heterocycles. The Hall–Kier alpha value is -2.08. The van der Waals surface area contributed by atoms with Crippen LogP contribution in [0.3, 0.4) is 0 Å². The number of fused-ring (bicyclic) bond motifs is 3. The Morgan fingerprint density at radius 3 is 2.56 bits per heavy atom. The zero-order valence-corrected chi connectivity index (χ0v) is 15.0. The van der Waals surface area contributed by atoms with Crippen molar-refractivity contribution in [3.63, 3.8) is 0 Å². The summed E-state index contributed by atoms with van der Waals surface area (Å²) in [5.41, 5.74) is 9.60. The molecule has 3 unspecified atom stereocenters. The standard InChI is InChI=1S/C25H26/c1-2-17(20-13-12-18-7-3-4-8-19(18)20)11-14-23-21-9-5-6-10-22(21)24-15-16-25(23)24/h3-10,12-13,17,20,23H,2,11,14-16H2,1H3. The van der Waals surface area contributed by atoms with Crippen LogP contribution in [0.5, 0.6) is 0 Å². The highest BCUT2D eigenvalue weighted by Gasteiger charge is 2.36. The summed E-state index contributed by atoms with van der Waals surface area (Å²) < 4.78 is 0. The van der Waals surface area contributed by atoms with Crippen molar-refractivity contribution in [2.45, 2.75) is 50.9 Å². The maximum atomic E-state index is 2.45.